The number of nitrogens with zero attached hydrogens (tertiary/aromatic N) is 7. The number of rotatable bonds is 6. The Morgan fingerprint density at radius 1 is 0.977 bits per heavy atom. The molecule has 13 heteroatoms. The smallest absolute Gasteiger partial charge is 0.414 e. The van der Waals surface area contributed by atoms with Gasteiger partial charge in [0.1, 0.15) is 17.2 Å². The fourth-order valence-corrected chi connectivity index (χ4v) is 6.01. The molecule has 1 fully saturated rings. The van der Waals surface area contributed by atoms with E-state index in [2.05, 4.69) is 26.2 Å². The van der Waals surface area contributed by atoms with E-state index in [1.54, 1.807) is 23.4 Å². The predicted octanol–water partition coefficient (Wildman–Crippen LogP) is 6.02. The molecular formula is C31H34N8O4S. The van der Waals surface area contributed by atoms with E-state index in [1.165, 1.54) is 11.8 Å². The lowest BCUT2D eigenvalue weighted by Gasteiger charge is -2.37. The predicted molar refractivity (Wildman–Crippen MR) is 174 cm³/mol. The topological polar surface area (TPSA) is 130 Å². The second kappa shape index (κ2) is 11.8. The van der Waals surface area contributed by atoms with Crippen LogP contribution in [0.25, 0.3) is 10.8 Å². The molecule has 4 heterocycles. The summed E-state index contributed by atoms with van der Waals surface area (Å²) in [5.41, 5.74) is 3.30. The lowest BCUT2D eigenvalue weighted by atomic mass is 10.1. The van der Waals surface area contributed by atoms with E-state index in [0.717, 1.165) is 66.4 Å². The average molecular weight is 615 g/mol. The molecule has 0 atom stereocenters. The first-order chi connectivity index (χ1) is 21.1. The van der Waals surface area contributed by atoms with E-state index >= 15 is 0 Å². The molecular weight excluding hydrogens is 580 g/mol. The summed E-state index contributed by atoms with van der Waals surface area (Å²) in [6, 6.07) is 13.1. The molecule has 228 valence electrons. The number of piperazine rings is 1. The van der Waals surface area contributed by atoms with Crippen LogP contribution >= 0.6 is 11.8 Å². The van der Waals surface area contributed by atoms with E-state index in [9.17, 15) is 14.9 Å². The lowest BCUT2D eigenvalue weighted by molar-refractivity contribution is -0.383. The van der Waals surface area contributed by atoms with Crippen molar-refractivity contribution in [2.24, 2.45) is 0 Å². The molecule has 1 N–H and O–H groups in total. The fraction of sp³-hybridized carbons (Fsp3) is 0.355. The van der Waals surface area contributed by atoms with Gasteiger partial charge in [-0.15, -0.1) is 0 Å². The number of nitro groups is 1. The first-order valence-electron chi connectivity index (χ1n) is 14.4. The molecule has 4 aromatic rings. The van der Waals surface area contributed by atoms with Crippen LogP contribution in [0.1, 0.15) is 26.3 Å². The molecule has 0 unspecified atom stereocenters. The van der Waals surface area contributed by atoms with E-state index in [1.807, 2.05) is 57.4 Å². The van der Waals surface area contributed by atoms with Crippen LogP contribution in [0.3, 0.4) is 0 Å². The van der Waals surface area contributed by atoms with Gasteiger partial charge in [-0.25, -0.2) is 14.8 Å². The number of hydrogen-bond donors (Lipinski definition) is 1. The number of aromatic nitrogens is 3. The highest BCUT2D eigenvalue weighted by molar-refractivity contribution is 7.98. The molecule has 44 heavy (non-hydrogen) atoms. The van der Waals surface area contributed by atoms with E-state index in [-0.39, 0.29) is 16.7 Å². The Morgan fingerprint density at radius 3 is 2.45 bits per heavy atom. The first kappa shape index (κ1) is 29.4. The van der Waals surface area contributed by atoms with Gasteiger partial charge in [-0.05, 0) is 69.3 Å². The highest BCUT2D eigenvalue weighted by Gasteiger charge is 2.29. The number of hydrogen-bond acceptors (Lipinski definition) is 11. The normalized spacial score (nSPS) is 15.0. The average Bonchev–Trinajstić information content (AvgIpc) is 3.43. The van der Waals surface area contributed by atoms with Gasteiger partial charge in [-0.2, -0.15) is 0 Å². The summed E-state index contributed by atoms with van der Waals surface area (Å²) in [5, 5.41) is 17.0. The lowest BCUT2D eigenvalue weighted by Crippen LogP contribution is -2.47. The van der Waals surface area contributed by atoms with Gasteiger partial charge in [-0.1, -0.05) is 11.8 Å². The molecule has 0 radical (unpaired) electrons. The van der Waals surface area contributed by atoms with Crippen molar-refractivity contribution in [1.29, 1.82) is 0 Å². The van der Waals surface area contributed by atoms with Crippen molar-refractivity contribution in [3.63, 3.8) is 0 Å². The van der Waals surface area contributed by atoms with Crippen molar-refractivity contribution in [2.45, 2.75) is 37.9 Å². The van der Waals surface area contributed by atoms with Gasteiger partial charge in [0.15, 0.2) is 5.16 Å². The van der Waals surface area contributed by atoms with Crippen molar-refractivity contribution in [3.05, 3.63) is 70.5 Å². The van der Waals surface area contributed by atoms with Crippen LogP contribution in [-0.2, 0) is 11.2 Å². The summed E-state index contributed by atoms with van der Waals surface area (Å²) in [5.74, 6) is 1.53. The first-order valence-corrected chi connectivity index (χ1v) is 15.7. The molecule has 2 aromatic heterocycles. The van der Waals surface area contributed by atoms with E-state index in [0.29, 0.717) is 22.9 Å². The minimum Gasteiger partial charge on any atom is -0.443 e. The third kappa shape index (κ3) is 6.05. The van der Waals surface area contributed by atoms with Gasteiger partial charge >= 0.3 is 6.09 Å². The van der Waals surface area contributed by atoms with Crippen molar-refractivity contribution in [3.8, 4) is 0 Å². The molecule has 2 aliphatic rings. The van der Waals surface area contributed by atoms with Crippen molar-refractivity contribution >= 4 is 63.0 Å². The summed E-state index contributed by atoms with van der Waals surface area (Å²) in [6.45, 7) is 9.11. The van der Waals surface area contributed by atoms with E-state index in [4.69, 9.17) is 14.7 Å². The number of non-ortho nitro benzene ring substituents is 1. The third-order valence-corrected chi connectivity index (χ3v) is 8.20. The van der Waals surface area contributed by atoms with Gasteiger partial charge in [0, 0.05) is 74.0 Å². The van der Waals surface area contributed by atoms with Crippen LogP contribution in [0.4, 0.5) is 39.2 Å². The molecule has 12 nitrogen and oxygen atoms in total. The molecule has 0 saturated carbocycles. The Balaban J connectivity index is 1.17. The molecule has 2 aliphatic heterocycles. The van der Waals surface area contributed by atoms with Gasteiger partial charge < -0.3 is 19.9 Å². The van der Waals surface area contributed by atoms with Crippen LogP contribution < -0.4 is 20.0 Å². The van der Waals surface area contributed by atoms with Crippen LogP contribution in [0, 0.1) is 10.1 Å². The van der Waals surface area contributed by atoms with Crippen molar-refractivity contribution < 1.29 is 14.5 Å². The number of ether oxygens (including phenoxy) is 1. The second-order valence-electron chi connectivity index (χ2n) is 11.7. The standard InChI is InChI=1S/C31H34N8O4S/c1-31(2,3)43-30(40)38-12-10-20-17-21(5-6-24(20)38)33-27-18-28(35-29(34-27)44-4)37-15-13-36(14-16-37)25-7-8-26(39(41)42)23-19-32-11-9-22(23)25/h5-9,11,17-19H,10,12-16H2,1-4H3,(H,33,34,35). The molecule has 1 amide bonds. The van der Waals surface area contributed by atoms with Crippen molar-refractivity contribution in [1.82, 2.24) is 15.0 Å². The zero-order valence-electron chi connectivity index (χ0n) is 25.1. The molecule has 2 aromatic carbocycles. The molecule has 1 saturated heterocycles. The zero-order chi connectivity index (χ0) is 31.0. The highest BCUT2D eigenvalue weighted by atomic mass is 32.2. The minimum absolute atomic E-state index is 0.0600. The van der Waals surface area contributed by atoms with Crippen LogP contribution in [-0.4, -0.2) is 70.5 Å². The monoisotopic (exact) mass is 614 g/mol. The van der Waals surface area contributed by atoms with Gasteiger partial charge in [0.2, 0.25) is 0 Å². The Kier molecular flexibility index (Phi) is 7.89. The molecule has 0 aliphatic carbocycles. The third-order valence-electron chi connectivity index (χ3n) is 7.65. The second-order valence-corrected chi connectivity index (χ2v) is 12.5. The largest absolute Gasteiger partial charge is 0.443 e. The number of nitrogens with one attached hydrogen (secondary N) is 1. The number of amides is 1. The molecule has 0 bridgehead atoms. The number of benzene rings is 2. The Morgan fingerprint density at radius 2 is 1.73 bits per heavy atom. The molecule has 0 spiro atoms. The maximum atomic E-state index is 12.7. The number of carbonyl (C=O) groups is 1. The number of anilines is 5. The summed E-state index contributed by atoms with van der Waals surface area (Å²) in [7, 11) is 0. The minimum atomic E-state index is -0.551. The summed E-state index contributed by atoms with van der Waals surface area (Å²) in [6.07, 6.45) is 5.60. The van der Waals surface area contributed by atoms with Gasteiger partial charge in [0.05, 0.1) is 16.0 Å². The van der Waals surface area contributed by atoms with Crippen LogP contribution in [0.15, 0.2) is 60.0 Å². The number of pyridine rings is 1. The Hall–Kier alpha value is -4.65. The van der Waals surface area contributed by atoms with Gasteiger partial charge in [0.25, 0.3) is 5.69 Å². The number of thioether (sulfide) groups is 1. The maximum Gasteiger partial charge on any atom is 0.414 e. The Bertz CT molecular complexity index is 1740. The summed E-state index contributed by atoms with van der Waals surface area (Å²) in [4.78, 5) is 43.6. The Labute approximate surface area is 259 Å². The highest BCUT2D eigenvalue weighted by Crippen LogP contribution is 2.35. The van der Waals surface area contributed by atoms with E-state index < -0.39 is 5.60 Å². The van der Waals surface area contributed by atoms with Crippen molar-refractivity contribution in [2.75, 3.05) is 59.0 Å². The molecule has 6 rings (SSSR count). The summed E-state index contributed by atoms with van der Waals surface area (Å²) < 4.78 is 5.58. The number of carbonyl (C=O) groups excluding carboxylic acids is 1. The summed E-state index contributed by atoms with van der Waals surface area (Å²) >= 11 is 1.48. The SMILES string of the molecule is CSc1nc(Nc2ccc3c(c2)CCN3C(=O)OC(C)(C)C)cc(N2CCN(c3ccc([N+](=O)[O-])c4cnccc34)CC2)n1. The van der Waals surface area contributed by atoms with Gasteiger partial charge in [-0.3, -0.25) is 20.0 Å². The van der Waals surface area contributed by atoms with Crippen LogP contribution in [0.5, 0.6) is 0 Å². The number of nitro benzene ring substituents is 1. The number of fused-ring (bicyclic) bond motifs is 2. The quantitative estimate of drug-likeness (QED) is 0.118. The fourth-order valence-electron chi connectivity index (χ4n) is 5.64. The maximum absolute atomic E-state index is 12.7. The zero-order valence-corrected chi connectivity index (χ0v) is 25.9. The van der Waals surface area contributed by atoms with Crippen LogP contribution in [0.2, 0.25) is 0 Å².